The molecule has 0 aliphatic carbocycles. The molecule has 0 saturated heterocycles. The van der Waals surface area contributed by atoms with Crippen LogP contribution < -0.4 is 5.32 Å². The molecule has 4 heteroatoms. The normalized spacial score (nSPS) is 12.4. The second kappa shape index (κ2) is 5.89. The highest BCUT2D eigenvalue weighted by Gasteiger charge is 2.07. The zero-order chi connectivity index (χ0) is 13.8. The number of nitrogens with zero attached hydrogens (tertiary/aromatic N) is 2. The number of aromatic nitrogens is 2. The molecule has 0 fully saturated rings. The summed E-state index contributed by atoms with van der Waals surface area (Å²) >= 11 is 0. The van der Waals surface area contributed by atoms with E-state index in [4.69, 9.17) is 0 Å². The Morgan fingerprint density at radius 3 is 2.74 bits per heavy atom. The fourth-order valence-corrected chi connectivity index (χ4v) is 1.86. The van der Waals surface area contributed by atoms with E-state index in [1.807, 2.05) is 26.0 Å². The summed E-state index contributed by atoms with van der Waals surface area (Å²) in [5.74, 6) is 0.595. The van der Waals surface area contributed by atoms with Gasteiger partial charge in [0.15, 0.2) is 0 Å². The van der Waals surface area contributed by atoms with E-state index in [1.54, 1.807) is 25.3 Å². The molecule has 100 valence electrons. The monoisotopic (exact) mass is 259 g/mol. The number of benzene rings is 1. The van der Waals surface area contributed by atoms with E-state index in [0.29, 0.717) is 12.1 Å². The van der Waals surface area contributed by atoms with Gasteiger partial charge in [0.2, 0.25) is 0 Å². The van der Waals surface area contributed by atoms with Gasteiger partial charge >= 0.3 is 0 Å². The van der Waals surface area contributed by atoms with Crippen LogP contribution in [0.4, 0.5) is 4.39 Å². The van der Waals surface area contributed by atoms with Crippen LogP contribution in [0, 0.1) is 19.7 Å². The lowest BCUT2D eigenvalue weighted by Crippen LogP contribution is -2.19. The van der Waals surface area contributed by atoms with Crippen LogP contribution in [-0.2, 0) is 6.54 Å². The maximum absolute atomic E-state index is 13.5. The largest absolute Gasteiger partial charge is 0.305 e. The van der Waals surface area contributed by atoms with E-state index in [9.17, 15) is 4.39 Å². The summed E-state index contributed by atoms with van der Waals surface area (Å²) in [6.45, 7) is 6.28. The summed E-state index contributed by atoms with van der Waals surface area (Å²) in [6, 6.07) is 7.28. The first-order valence-corrected chi connectivity index (χ1v) is 6.34. The number of rotatable bonds is 4. The Balaban J connectivity index is 2.01. The van der Waals surface area contributed by atoms with Crippen LogP contribution >= 0.6 is 0 Å². The smallest absolute Gasteiger partial charge is 0.126 e. The van der Waals surface area contributed by atoms with E-state index in [0.717, 1.165) is 17.1 Å². The highest BCUT2D eigenvalue weighted by molar-refractivity contribution is 5.25. The quantitative estimate of drug-likeness (QED) is 0.917. The zero-order valence-electron chi connectivity index (χ0n) is 11.4. The standard InChI is InChI=1S/C15H18FN3/c1-10-4-5-13(8-15(10)16)11(2)18-9-14-6-7-17-12(3)19-14/h4-8,11,18H,9H2,1-3H3. The molecule has 1 aromatic heterocycles. The van der Waals surface area contributed by atoms with Gasteiger partial charge in [-0.1, -0.05) is 12.1 Å². The molecule has 1 aromatic carbocycles. The predicted molar refractivity (Wildman–Crippen MR) is 73.2 cm³/mol. The lowest BCUT2D eigenvalue weighted by molar-refractivity contribution is 0.556. The molecule has 0 amide bonds. The van der Waals surface area contributed by atoms with Crippen LogP contribution in [0.5, 0.6) is 0 Å². The van der Waals surface area contributed by atoms with E-state index in [-0.39, 0.29) is 11.9 Å². The summed E-state index contributed by atoms with van der Waals surface area (Å²) < 4.78 is 13.5. The fourth-order valence-electron chi connectivity index (χ4n) is 1.86. The zero-order valence-corrected chi connectivity index (χ0v) is 11.4. The average molecular weight is 259 g/mol. The summed E-state index contributed by atoms with van der Waals surface area (Å²) in [7, 11) is 0. The summed E-state index contributed by atoms with van der Waals surface area (Å²) in [5, 5.41) is 3.33. The Hall–Kier alpha value is -1.81. The first-order valence-electron chi connectivity index (χ1n) is 6.34. The molecule has 2 rings (SSSR count). The van der Waals surface area contributed by atoms with E-state index >= 15 is 0 Å². The Labute approximate surface area is 112 Å². The van der Waals surface area contributed by atoms with Crippen LogP contribution in [0.2, 0.25) is 0 Å². The Morgan fingerprint density at radius 1 is 1.26 bits per heavy atom. The minimum atomic E-state index is -0.163. The van der Waals surface area contributed by atoms with Gasteiger partial charge in [-0.25, -0.2) is 14.4 Å². The molecule has 0 aliphatic rings. The number of hydrogen-bond donors (Lipinski definition) is 1. The van der Waals surface area contributed by atoms with Gasteiger partial charge in [0.25, 0.3) is 0 Å². The van der Waals surface area contributed by atoms with Crippen molar-refractivity contribution in [3.05, 3.63) is 58.9 Å². The maximum Gasteiger partial charge on any atom is 0.126 e. The van der Waals surface area contributed by atoms with Crippen molar-refractivity contribution in [2.24, 2.45) is 0 Å². The molecular weight excluding hydrogens is 241 g/mol. The molecule has 2 aromatic rings. The van der Waals surface area contributed by atoms with Crippen molar-refractivity contribution in [1.82, 2.24) is 15.3 Å². The topological polar surface area (TPSA) is 37.8 Å². The lowest BCUT2D eigenvalue weighted by Gasteiger charge is -2.14. The Morgan fingerprint density at radius 2 is 2.05 bits per heavy atom. The average Bonchev–Trinajstić information content (AvgIpc) is 2.39. The SMILES string of the molecule is Cc1nccc(CNC(C)c2ccc(C)c(F)c2)n1. The van der Waals surface area contributed by atoms with Crippen LogP contribution in [0.15, 0.2) is 30.5 Å². The van der Waals surface area contributed by atoms with Gasteiger partial charge in [-0.3, -0.25) is 0 Å². The van der Waals surface area contributed by atoms with Gasteiger partial charge in [-0.15, -0.1) is 0 Å². The van der Waals surface area contributed by atoms with Gasteiger partial charge in [0, 0.05) is 18.8 Å². The van der Waals surface area contributed by atoms with E-state index < -0.39 is 0 Å². The highest BCUT2D eigenvalue weighted by Crippen LogP contribution is 2.16. The van der Waals surface area contributed by atoms with Gasteiger partial charge in [0.05, 0.1) is 5.69 Å². The molecule has 1 heterocycles. The molecule has 1 unspecified atom stereocenters. The first kappa shape index (κ1) is 13.6. The maximum atomic E-state index is 13.5. The molecule has 19 heavy (non-hydrogen) atoms. The minimum absolute atomic E-state index is 0.0744. The molecule has 0 bridgehead atoms. The van der Waals surface area contributed by atoms with Crippen molar-refractivity contribution in [3.8, 4) is 0 Å². The molecule has 3 nitrogen and oxygen atoms in total. The van der Waals surface area contributed by atoms with Crippen molar-refractivity contribution in [1.29, 1.82) is 0 Å². The van der Waals surface area contributed by atoms with E-state index in [1.165, 1.54) is 0 Å². The predicted octanol–water partition coefficient (Wildman–Crippen LogP) is 3.08. The number of halogens is 1. The molecule has 0 aliphatic heterocycles. The van der Waals surface area contributed by atoms with Crippen LogP contribution in [0.25, 0.3) is 0 Å². The minimum Gasteiger partial charge on any atom is -0.305 e. The van der Waals surface area contributed by atoms with Crippen molar-refractivity contribution in [2.45, 2.75) is 33.4 Å². The summed E-state index contributed by atoms with van der Waals surface area (Å²) in [4.78, 5) is 8.38. The Kier molecular flexibility index (Phi) is 4.22. The summed E-state index contributed by atoms with van der Waals surface area (Å²) in [6.07, 6.45) is 1.75. The third kappa shape index (κ3) is 3.58. The number of nitrogens with one attached hydrogen (secondary N) is 1. The highest BCUT2D eigenvalue weighted by atomic mass is 19.1. The van der Waals surface area contributed by atoms with Crippen molar-refractivity contribution >= 4 is 0 Å². The number of aryl methyl sites for hydroxylation is 2. The van der Waals surface area contributed by atoms with Crippen molar-refractivity contribution in [2.75, 3.05) is 0 Å². The second-order valence-corrected chi connectivity index (χ2v) is 4.71. The van der Waals surface area contributed by atoms with Crippen LogP contribution in [-0.4, -0.2) is 9.97 Å². The molecule has 1 atom stereocenters. The lowest BCUT2D eigenvalue weighted by atomic mass is 10.1. The molecule has 1 N–H and O–H groups in total. The summed E-state index contributed by atoms with van der Waals surface area (Å²) in [5.41, 5.74) is 2.54. The van der Waals surface area contributed by atoms with Gasteiger partial charge in [0.1, 0.15) is 11.6 Å². The van der Waals surface area contributed by atoms with Crippen molar-refractivity contribution < 1.29 is 4.39 Å². The van der Waals surface area contributed by atoms with E-state index in [2.05, 4.69) is 15.3 Å². The third-order valence-electron chi connectivity index (χ3n) is 3.12. The second-order valence-electron chi connectivity index (χ2n) is 4.71. The van der Waals surface area contributed by atoms with Crippen LogP contribution in [0.1, 0.15) is 35.6 Å². The Bertz CT molecular complexity index is 569. The molecule has 0 saturated carbocycles. The molecular formula is C15H18FN3. The molecule has 0 spiro atoms. The first-order chi connectivity index (χ1) is 9.06. The van der Waals surface area contributed by atoms with Gasteiger partial charge in [-0.05, 0) is 44.0 Å². The fraction of sp³-hybridized carbons (Fsp3) is 0.333. The van der Waals surface area contributed by atoms with Gasteiger partial charge in [-0.2, -0.15) is 0 Å². The third-order valence-corrected chi connectivity index (χ3v) is 3.12. The number of hydrogen-bond acceptors (Lipinski definition) is 3. The van der Waals surface area contributed by atoms with Crippen LogP contribution in [0.3, 0.4) is 0 Å². The molecule has 0 radical (unpaired) electrons. The van der Waals surface area contributed by atoms with Crippen molar-refractivity contribution in [3.63, 3.8) is 0 Å². The van der Waals surface area contributed by atoms with Gasteiger partial charge < -0.3 is 5.32 Å².